The zero-order valence-electron chi connectivity index (χ0n) is 20.5. The minimum Gasteiger partial charge on any atom is -0.494 e. The van der Waals surface area contributed by atoms with Crippen LogP contribution < -0.4 is 10.1 Å². The summed E-state index contributed by atoms with van der Waals surface area (Å²) in [7, 11) is -4.46. The lowest BCUT2D eigenvalue weighted by molar-refractivity contribution is -0.132. The van der Waals surface area contributed by atoms with E-state index in [-0.39, 0.29) is 42.7 Å². The molecular formula is C26H26FN3O7S. The monoisotopic (exact) mass is 543 g/mol. The van der Waals surface area contributed by atoms with Gasteiger partial charge in [-0.1, -0.05) is 0 Å². The van der Waals surface area contributed by atoms with Crippen LogP contribution in [0.2, 0.25) is 0 Å². The lowest BCUT2D eigenvalue weighted by atomic mass is 10.1. The second kappa shape index (κ2) is 11.5. The number of carbonyl (C=O) groups excluding carboxylic acids is 3. The highest BCUT2D eigenvalue weighted by Gasteiger charge is 2.40. The highest BCUT2D eigenvalue weighted by atomic mass is 32.2. The number of furan rings is 1. The Bertz CT molecular complexity index is 1380. The van der Waals surface area contributed by atoms with Crippen molar-refractivity contribution in [3.63, 3.8) is 0 Å². The summed E-state index contributed by atoms with van der Waals surface area (Å²) in [5.74, 6) is -2.19. The van der Waals surface area contributed by atoms with Gasteiger partial charge in [0.1, 0.15) is 11.6 Å². The van der Waals surface area contributed by atoms with E-state index in [0.717, 1.165) is 24.3 Å². The van der Waals surface area contributed by atoms with E-state index in [9.17, 15) is 27.2 Å². The van der Waals surface area contributed by atoms with Gasteiger partial charge in [-0.2, -0.15) is 0 Å². The maximum atomic E-state index is 13.4. The van der Waals surface area contributed by atoms with E-state index >= 15 is 0 Å². The number of piperazine rings is 1. The van der Waals surface area contributed by atoms with Crippen molar-refractivity contribution in [2.24, 2.45) is 0 Å². The van der Waals surface area contributed by atoms with Crippen molar-refractivity contribution in [3.8, 4) is 5.75 Å². The van der Waals surface area contributed by atoms with Gasteiger partial charge in [-0.3, -0.25) is 14.4 Å². The number of sulfone groups is 1. The molecule has 1 saturated heterocycles. The molecule has 2 aromatic carbocycles. The minimum absolute atomic E-state index is 0.0493. The second-order valence-electron chi connectivity index (χ2n) is 8.40. The number of rotatable bonds is 8. The molecule has 1 aliphatic heterocycles. The fourth-order valence-electron chi connectivity index (χ4n) is 3.97. The average Bonchev–Trinajstić information content (AvgIpc) is 3.47. The minimum atomic E-state index is -4.46. The molecule has 1 N–H and O–H groups in total. The number of hydrogen-bond acceptors (Lipinski definition) is 7. The Hall–Kier alpha value is -4.19. The van der Waals surface area contributed by atoms with E-state index in [0.29, 0.717) is 17.9 Å². The van der Waals surface area contributed by atoms with Crippen molar-refractivity contribution in [2.45, 2.75) is 17.2 Å². The Kier molecular flexibility index (Phi) is 8.10. The quantitative estimate of drug-likeness (QED) is 0.432. The molecule has 1 atom stereocenters. The first-order valence-corrected chi connectivity index (χ1v) is 13.4. The van der Waals surface area contributed by atoms with Gasteiger partial charge in [0.05, 0.1) is 17.8 Å². The fourth-order valence-corrected chi connectivity index (χ4v) is 5.43. The summed E-state index contributed by atoms with van der Waals surface area (Å²) in [5.41, 5.74) is 0.454. The predicted molar refractivity (Wildman–Crippen MR) is 134 cm³/mol. The smallest absolute Gasteiger partial charge is 0.288 e. The molecule has 3 amide bonds. The zero-order chi connectivity index (χ0) is 27.3. The van der Waals surface area contributed by atoms with Gasteiger partial charge in [-0.05, 0) is 67.6 Å². The van der Waals surface area contributed by atoms with Crippen LogP contribution in [0.15, 0.2) is 76.2 Å². The molecule has 4 rings (SSSR count). The van der Waals surface area contributed by atoms with Crippen LogP contribution >= 0.6 is 0 Å². The van der Waals surface area contributed by atoms with Gasteiger partial charge in [0.15, 0.2) is 5.76 Å². The molecule has 0 aliphatic carbocycles. The first-order valence-electron chi connectivity index (χ1n) is 11.9. The molecule has 3 aromatic rings. The van der Waals surface area contributed by atoms with Crippen molar-refractivity contribution >= 4 is 27.6 Å². The van der Waals surface area contributed by atoms with Gasteiger partial charge in [0.25, 0.3) is 17.7 Å². The van der Waals surface area contributed by atoms with Crippen molar-refractivity contribution in [1.82, 2.24) is 15.1 Å². The lowest BCUT2D eigenvalue weighted by Gasteiger charge is -2.36. The molecule has 0 radical (unpaired) electrons. The largest absolute Gasteiger partial charge is 0.494 e. The predicted octanol–water partition coefficient (Wildman–Crippen LogP) is 2.33. The molecule has 1 aliphatic rings. The van der Waals surface area contributed by atoms with Crippen LogP contribution in [0.5, 0.6) is 5.75 Å². The van der Waals surface area contributed by atoms with Crippen molar-refractivity contribution in [2.75, 3.05) is 32.8 Å². The van der Waals surface area contributed by atoms with E-state index in [1.165, 1.54) is 23.3 Å². The van der Waals surface area contributed by atoms with E-state index in [1.807, 2.05) is 6.92 Å². The van der Waals surface area contributed by atoms with Crippen LogP contribution in [-0.4, -0.2) is 74.1 Å². The zero-order valence-corrected chi connectivity index (χ0v) is 21.3. The maximum absolute atomic E-state index is 13.4. The molecule has 38 heavy (non-hydrogen) atoms. The van der Waals surface area contributed by atoms with Crippen LogP contribution in [-0.2, 0) is 14.6 Å². The van der Waals surface area contributed by atoms with Gasteiger partial charge >= 0.3 is 0 Å². The van der Waals surface area contributed by atoms with Crippen molar-refractivity contribution in [3.05, 3.63) is 84.1 Å². The number of ether oxygens (including phenoxy) is 1. The number of amides is 3. The summed E-state index contributed by atoms with van der Waals surface area (Å²) in [6.45, 7) is 2.78. The fraction of sp³-hybridized carbons (Fsp3) is 0.269. The van der Waals surface area contributed by atoms with Crippen LogP contribution in [0.4, 0.5) is 4.39 Å². The molecule has 2 heterocycles. The summed E-state index contributed by atoms with van der Waals surface area (Å²) >= 11 is 0. The molecule has 10 nitrogen and oxygen atoms in total. The number of hydrogen-bond donors (Lipinski definition) is 1. The standard InChI is InChI=1S/C26H26FN3O7S/c1-2-36-20-9-5-18(6-10-20)25(32)29-13-15-30(16-14-29)26(33)24(28-23(31)22-4-3-17-37-22)38(34,35)21-11-7-19(27)8-12-21/h3-12,17,24H,2,13-16H2,1H3,(H,28,31). The number of carbonyl (C=O) groups is 3. The Morgan fingerprint density at radius 2 is 1.61 bits per heavy atom. The maximum Gasteiger partial charge on any atom is 0.288 e. The molecule has 0 spiro atoms. The van der Waals surface area contributed by atoms with Gasteiger partial charge in [-0.25, -0.2) is 12.8 Å². The molecule has 0 bridgehead atoms. The number of nitrogens with one attached hydrogen (secondary N) is 1. The Morgan fingerprint density at radius 1 is 0.974 bits per heavy atom. The molecule has 1 aromatic heterocycles. The summed E-state index contributed by atoms with van der Waals surface area (Å²) < 4.78 is 50.6. The van der Waals surface area contributed by atoms with Crippen molar-refractivity contribution < 1.29 is 36.3 Å². The molecule has 200 valence electrons. The van der Waals surface area contributed by atoms with E-state index in [1.54, 1.807) is 29.2 Å². The van der Waals surface area contributed by atoms with E-state index in [2.05, 4.69) is 5.32 Å². The molecular weight excluding hydrogens is 517 g/mol. The first kappa shape index (κ1) is 26.9. The van der Waals surface area contributed by atoms with E-state index < -0.39 is 32.8 Å². The first-order chi connectivity index (χ1) is 18.2. The van der Waals surface area contributed by atoms with Crippen molar-refractivity contribution in [1.29, 1.82) is 0 Å². The van der Waals surface area contributed by atoms with Crippen LogP contribution in [0.1, 0.15) is 27.8 Å². The third-order valence-corrected chi connectivity index (χ3v) is 7.84. The lowest BCUT2D eigenvalue weighted by Crippen LogP contribution is -2.57. The summed E-state index contributed by atoms with van der Waals surface area (Å²) in [6, 6.07) is 13.4. The molecule has 1 unspecified atom stereocenters. The number of benzene rings is 2. The van der Waals surface area contributed by atoms with Gasteiger partial charge in [0.2, 0.25) is 15.2 Å². The van der Waals surface area contributed by atoms with Gasteiger partial charge in [-0.15, -0.1) is 0 Å². The van der Waals surface area contributed by atoms with Crippen LogP contribution in [0.25, 0.3) is 0 Å². The molecule has 1 fully saturated rings. The highest BCUT2D eigenvalue weighted by Crippen LogP contribution is 2.20. The third kappa shape index (κ3) is 5.86. The summed E-state index contributed by atoms with van der Waals surface area (Å²) in [5, 5.41) is 0.260. The number of nitrogens with zero attached hydrogens (tertiary/aromatic N) is 2. The topological polar surface area (TPSA) is 126 Å². The Morgan fingerprint density at radius 3 is 2.18 bits per heavy atom. The molecule has 0 saturated carbocycles. The second-order valence-corrected chi connectivity index (χ2v) is 10.4. The van der Waals surface area contributed by atoms with Gasteiger partial charge < -0.3 is 24.3 Å². The summed E-state index contributed by atoms with van der Waals surface area (Å²) in [4.78, 5) is 41.5. The normalized spacial score (nSPS) is 14.6. The summed E-state index contributed by atoms with van der Waals surface area (Å²) in [6.07, 6.45) is 1.24. The van der Waals surface area contributed by atoms with Crippen LogP contribution in [0.3, 0.4) is 0 Å². The van der Waals surface area contributed by atoms with E-state index in [4.69, 9.17) is 9.15 Å². The Labute approximate surface area is 218 Å². The third-order valence-electron chi connectivity index (χ3n) is 5.97. The molecule has 12 heteroatoms. The number of halogens is 1. The average molecular weight is 544 g/mol. The SMILES string of the molecule is CCOc1ccc(C(=O)N2CCN(C(=O)C(NC(=O)c3ccco3)S(=O)(=O)c3ccc(F)cc3)CC2)cc1. The Balaban J connectivity index is 1.49. The highest BCUT2D eigenvalue weighted by molar-refractivity contribution is 7.92. The van der Waals surface area contributed by atoms with Gasteiger partial charge in [0, 0.05) is 31.7 Å². The van der Waals surface area contributed by atoms with Crippen LogP contribution in [0, 0.1) is 5.82 Å².